The molecule has 0 spiro atoms. The second-order valence-electron chi connectivity index (χ2n) is 3.73. The van der Waals surface area contributed by atoms with Crippen LogP contribution in [0.2, 0.25) is 0 Å². The smallest absolute Gasteiger partial charge is 0.326 e. The van der Waals surface area contributed by atoms with Gasteiger partial charge in [0.05, 0.1) is 0 Å². The van der Waals surface area contributed by atoms with E-state index in [-0.39, 0.29) is 23.1 Å². The van der Waals surface area contributed by atoms with Crippen molar-refractivity contribution in [1.29, 1.82) is 0 Å². The Kier molecular flexibility index (Phi) is 4.98. The fourth-order valence-corrected chi connectivity index (χ4v) is 2.41. The third-order valence-corrected chi connectivity index (χ3v) is 3.79. The molecule has 1 aromatic carbocycles. The number of halogens is 5. The normalized spacial score (nSPS) is 15.5. The van der Waals surface area contributed by atoms with E-state index in [0.717, 1.165) is 12.1 Å². The molecule has 1 rings (SSSR count). The van der Waals surface area contributed by atoms with Crippen molar-refractivity contribution in [2.75, 3.05) is 0 Å². The van der Waals surface area contributed by atoms with E-state index in [4.69, 9.17) is 5.73 Å². The molecule has 0 aliphatic carbocycles. The lowest BCUT2D eigenvalue weighted by Crippen LogP contribution is -2.42. The van der Waals surface area contributed by atoms with E-state index in [9.17, 15) is 22.0 Å². The van der Waals surface area contributed by atoms with Crippen LogP contribution >= 0.6 is 11.8 Å². The van der Waals surface area contributed by atoms with Gasteiger partial charge in [-0.15, -0.1) is 11.8 Å². The first kappa shape index (κ1) is 15.2. The number of hydrogen-bond acceptors (Lipinski definition) is 2. The summed E-state index contributed by atoms with van der Waals surface area (Å²) in [5.74, 6) is -1.85. The highest BCUT2D eigenvalue weighted by molar-refractivity contribution is 8.00. The lowest BCUT2D eigenvalue weighted by atomic mass is 10.1. The highest BCUT2D eigenvalue weighted by atomic mass is 32.2. The van der Waals surface area contributed by atoms with E-state index in [1.807, 2.05) is 0 Å². The minimum atomic E-state index is -4.54. The average Bonchev–Trinajstić information content (AvgIpc) is 2.25. The molecule has 1 nitrogen and oxygen atoms in total. The molecule has 0 saturated carbocycles. The van der Waals surface area contributed by atoms with Gasteiger partial charge in [0.2, 0.25) is 0 Å². The van der Waals surface area contributed by atoms with E-state index in [2.05, 4.69) is 0 Å². The van der Waals surface area contributed by atoms with Gasteiger partial charge in [-0.25, -0.2) is 8.78 Å². The Labute approximate surface area is 106 Å². The van der Waals surface area contributed by atoms with Gasteiger partial charge >= 0.3 is 6.18 Å². The summed E-state index contributed by atoms with van der Waals surface area (Å²) in [5.41, 5.74) is 5.39. The van der Waals surface area contributed by atoms with Crippen molar-refractivity contribution in [1.82, 2.24) is 0 Å². The fourth-order valence-electron chi connectivity index (χ4n) is 1.32. The minimum Gasteiger partial charge on any atom is -0.326 e. The van der Waals surface area contributed by atoms with Crippen LogP contribution in [0.15, 0.2) is 23.1 Å². The van der Waals surface area contributed by atoms with Gasteiger partial charge in [-0.3, -0.25) is 0 Å². The number of benzene rings is 1. The molecule has 0 heterocycles. The monoisotopic (exact) mass is 285 g/mol. The molecule has 0 amide bonds. The van der Waals surface area contributed by atoms with Crippen LogP contribution < -0.4 is 5.73 Å². The number of thioether (sulfide) groups is 1. The summed E-state index contributed by atoms with van der Waals surface area (Å²) in [6.45, 7) is 1.52. The van der Waals surface area contributed by atoms with Crippen molar-refractivity contribution >= 4 is 11.8 Å². The lowest BCUT2D eigenvalue weighted by Gasteiger charge is -2.25. The van der Waals surface area contributed by atoms with Crippen molar-refractivity contribution in [2.45, 2.75) is 35.7 Å². The van der Waals surface area contributed by atoms with Crippen LogP contribution in [-0.4, -0.2) is 17.5 Å². The van der Waals surface area contributed by atoms with E-state index in [1.54, 1.807) is 0 Å². The fraction of sp³-hybridized carbons (Fsp3) is 0.455. The van der Waals surface area contributed by atoms with Crippen LogP contribution in [0.1, 0.15) is 13.3 Å². The molecule has 102 valence electrons. The molecule has 0 aromatic heterocycles. The minimum absolute atomic E-state index is 0.111. The van der Waals surface area contributed by atoms with Gasteiger partial charge in [0, 0.05) is 17.0 Å². The molecule has 2 N–H and O–H groups in total. The lowest BCUT2D eigenvalue weighted by molar-refractivity contribution is -0.132. The number of nitrogens with two attached hydrogens (primary N) is 1. The third-order valence-electron chi connectivity index (χ3n) is 2.33. The second-order valence-corrected chi connectivity index (χ2v) is 4.91. The van der Waals surface area contributed by atoms with Crippen LogP contribution in [-0.2, 0) is 0 Å². The summed E-state index contributed by atoms with van der Waals surface area (Å²) in [6.07, 6.45) is -4.43. The first-order valence-corrected chi connectivity index (χ1v) is 6.07. The summed E-state index contributed by atoms with van der Waals surface area (Å²) in [4.78, 5) is -0.261. The number of hydrogen-bond donors (Lipinski definition) is 1. The van der Waals surface area contributed by atoms with Crippen molar-refractivity contribution in [3.63, 3.8) is 0 Å². The number of alkyl halides is 3. The maximum Gasteiger partial charge on any atom is 0.402 e. The van der Waals surface area contributed by atoms with E-state index in [0.29, 0.717) is 6.07 Å². The third kappa shape index (κ3) is 3.84. The standard InChI is InChI=1S/C11H12F5NS/c1-2-8(17)10(11(14,15)16)18-9-4-3-6(12)5-7(9)13/h3-5,8,10H,2,17H2,1H3. The summed E-state index contributed by atoms with van der Waals surface area (Å²) in [5, 5.41) is -1.91. The van der Waals surface area contributed by atoms with Crippen molar-refractivity contribution in [2.24, 2.45) is 5.73 Å². The second kappa shape index (κ2) is 5.88. The molecule has 7 heteroatoms. The van der Waals surface area contributed by atoms with Gasteiger partial charge in [0.15, 0.2) is 0 Å². The molecule has 2 atom stereocenters. The van der Waals surface area contributed by atoms with Crippen LogP contribution in [0.3, 0.4) is 0 Å². The highest BCUT2D eigenvalue weighted by Gasteiger charge is 2.44. The van der Waals surface area contributed by atoms with Crippen LogP contribution in [0.25, 0.3) is 0 Å². The van der Waals surface area contributed by atoms with Crippen molar-refractivity contribution < 1.29 is 22.0 Å². The van der Waals surface area contributed by atoms with Crippen LogP contribution in [0, 0.1) is 11.6 Å². The van der Waals surface area contributed by atoms with Crippen LogP contribution in [0.5, 0.6) is 0 Å². The first-order chi connectivity index (χ1) is 8.25. The maximum atomic E-state index is 13.3. The molecular formula is C11H12F5NS. The largest absolute Gasteiger partial charge is 0.402 e. The average molecular weight is 285 g/mol. The summed E-state index contributed by atoms with van der Waals surface area (Å²) in [6, 6.07) is 1.31. The molecule has 0 saturated heterocycles. The molecule has 18 heavy (non-hydrogen) atoms. The Morgan fingerprint density at radius 1 is 1.28 bits per heavy atom. The highest BCUT2D eigenvalue weighted by Crippen LogP contribution is 2.38. The molecule has 1 aromatic rings. The Bertz CT molecular complexity index is 407. The summed E-state index contributed by atoms with van der Waals surface area (Å²) >= 11 is 0.272. The van der Waals surface area contributed by atoms with Crippen molar-refractivity contribution in [3.8, 4) is 0 Å². The Balaban J connectivity index is 2.96. The zero-order chi connectivity index (χ0) is 13.9. The molecule has 2 unspecified atom stereocenters. The van der Waals surface area contributed by atoms with E-state index < -0.39 is 29.1 Å². The predicted octanol–water partition coefficient (Wildman–Crippen LogP) is 3.73. The topological polar surface area (TPSA) is 26.0 Å². The maximum absolute atomic E-state index is 13.3. The van der Waals surface area contributed by atoms with Gasteiger partial charge in [-0.1, -0.05) is 6.92 Å². The molecule has 0 bridgehead atoms. The predicted molar refractivity (Wildman–Crippen MR) is 60.3 cm³/mol. The van der Waals surface area contributed by atoms with Crippen molar-refractivity contribution in [3.05, 3.63) is 29.8 Å². The number of rotatable bonds is 4. The Morgan fingerprint density at radius 2 is 1.89 bits per heavy atom. The van der Waals surface area contributed by atoms with E-state index in [1.165, 1.54) is 6.92 Å². The molecule has 0 aliphatic rings. The van der Waals surface area contributed by atoms with Crippen LogP contribution in [0.4, 0.5) is 22.0 Å². The Hall–Kier alpha value is -0.820. The van der Waals surface area contributed by atoms with Gasteiger partial charge in [-0.2, -0.15) is 13.2 Å². The molecule has 0 aliphatic heterocycles. The van der Waals surface area contributed by atoms with Gasteiger partial charge in [0.1, 0.15) is 16.9 Å². The van der Waals surface area contributed by atoms with Gasteiger partial charge < -0.3 is 5.73 Å². The zero-order valence-corrected chi connectivity index (χ0v) is 10.3. The molecule has 0 radical (unpaired) electrons. The summed E-state index contributed by atoms with van der Waals surface area (Å²) < 4.78 is 64.2. The van der Waals surface area contributed by atoms with Gasteiger partial charge in [0.25, 0.3) is 0 Å². The van der Waals surface area contributed by atoms with Gasteiger partial charge in [-0.05, 0) is 18.6 Å². The Morgan fingerprint density at radius 3 is 2.33 bits per heavy atom. The molecular weight excluding hydrogens is 273 g/mol. The zero-order valence-electron chi connectivity index (χ0n) is 9.47. The summed E-state index contributed by atoms with van der Waals surface area (Å²) in [7, 11) is 0. The first-order valence-electron chi connectivity index (χ1n) is 5.19. The molecule has 0 fully saturated rings. The SMILES string of the molecule is CCC(N)C(Sc1ccc(F)cc1F)C(F)(F)F. The van der Waals surface area contributed by atoms with E-state index >= 15 is 0 Å². The quantitative estimate of drug-likeness (QED) is 0.674.